The summed E-state index contributed by atoms with van der Waals surface area (Å²) in [5.74, 6) is 0. The summed E-state index contributed by atoms with van der Waals surface area (Å²) in [6.45, 7) is 1.77. The third-order valence-electron chi connectivity index (χ3n) is 2.89. The normalized spacial score (nSPS) is 27.4. The minimum Gasteiger partial charge on any atom is -0.329 e. The van der Waals surface area contributed by atoms with Crippen molar-refractivity contribution in [3.63, 3.8) is 0 Å². The monoisotopic (exact) mass is 212 g/mol. The predicted octanol–water partition coefficient (Wildman–Crippen LogP) is 0.291. The highest BCUT2D eigenvalue weighted by Gasteiger charge is 2.30. The molecule has 0 amide bonds. The van der Waals surface area contributed by atoms with Crippen LogP contribution in [0.1, 0.15) is 12.0 Å². The van der Waals surface area contributed by atoms with Crippen LogP contribution < -0.4 is 5.73 Å². The molecule has 0 radical (unpaired) electrons. The highest BCUT2D eigenvalue weighted by atomic mass is 19.1. The summed E-state index contributed by atoms with van der Waals surface area (Å²) in [7, 11) is 1.88. The van der Waals surface area contributed by atoms with Crippen LogP contribution >= 0.6 is 0 Å². The first-order valence-electron chi connectivity index (χ1n) is 5.24. The lowest BCUT2D eigenvalue weighted by Crippen LogP contribution is -2.34. The van der Waals surface area contributed by atoms with Gasteiger partial charge in [0, 0.05) is 44.5 Å². The van der Waals surface area contributed by atoms with Gasteiger partial charge in [-0.3, -0.25) is 9.58 Å². The molecule has 0 bridgehead atoms. The van der Waals surface area contributed by atoms with Gasteiger partial charge < -0.3 is 5.73 Å². The number of hydrogen-bond acceptors (Lipinski definition) is 3. The second-order valence-corrected chi connectivity index (χ2v) is 4.17. The summed E-state index contributed by atoms with van der Waals surface area (Å²) in [6, 6.07) is 0.181. The van der Waals surface area contributed by atoms with E-state index in [1.165, 1.54) is 0 Å². The molecule has 0 saturated carbocycles. The molecule has 2 rings (SSSR count). The molecule has 4 nitrogen and oxygen atoms in total. The van der Waals surface area contributed by atoms with Crippen LogP contribution in [0.15, 0.2) is 12.4 Å². The maximum absolute atomic E-state index is 13.2. The molecular weight excluding hydrogens is 195 g/mol. The molecule has 2 N–H and O–H groups in total. The maximum Gasteiger partial charge on any atom is 0.114 e. The van der Waals surface area contributed by atoms with E-state index in [0.717, 1.165) is 12.1 Å². The third kappa shape index (κ3) is 2.35. The molecule has 5 heteroatoms. The Morgan fingerprint density at radius 3 is 3.07 bits per heavy atom. The third-order valence-corrected chi connectivity index (χ3v) is 2.89. The van der Waals surface area contributed by atoms with Crippen LogP contribution in [0.25, 0.3) is 0 Å². The zero-order chi connectivity index (χ0) is 10.8. The smallest absolute Gasteiger partial charge is 0.114 e. The number of aryl methyl sites for hydroxylation is 1. The summed E-state index contributed by atoms with van der Waals surface area (Å²) in [5.41, 5.74) is 6.73. The minimum atomic E-state index is -0.727. The van der Waals surface area contributed by atoms with Crippen LogP contribution in [0.5, 0.6) is 0 Å². The van der Waals surface area contributed by atoms with E-state index in [0.29, 0.717) is 19.5 Å². The molecule has 0 aliphatic carbocycles. The SMILES string of the molecule is Cn1cc(CN2C[C@@H](F)C[C@@H]2CN)cn1. The van der Waals surface area contributed by atoms with Gasteiger partial charge in [0.25, 0.3) is 0 Å². The average Bonchev–Trinajstić information content (AvgIpc) is 2.73. The van der Waals surface area contributed by atoms with Crippen LogP contribution in [0.2, 0.25) is 0 Å². The van der Waals surface area contributed by atoms with E-state index in [2.05, 4.69) is 10.00 Å². The van der Waals surface area contributed by atoms with Crippen LogP contribution in [0, 0.1) is 0 Å². The van der Waals surface area contributed by atoms with Crippen molar-refractivity contribution in [1.82, 2.24) is 14.7 Å². The van der Waals surface area contributed by atoms with Crippen molar-refractivity contribution in [2.75, 3.05) is 13.1 Å². The lowest BCUT2D eigenvalue weighted by atomic mass is 10.2. The Bertz CT molecular complexity index is 325. The summed E-state index contributed by atoms with van der Waals surface area (Å²) < 4.78 is 15.0. The van der Waals surface area contributed by atoms with Crippen molar-refractivity contribution in [3.8, 4) is 0 Å². The molecule has 1 aliphatic rings. The number of aromatic nitrogens is 2. The fourth-order valence-corrected chi connectivity index (χ4v) is 2.15. The zero-order valence-electron chi connectivity index (χ0n) is 8.93. The Morgan fingerprint density at radius 1 is 1.67 bits per heavy atom. The predicted molar refractivity (Wildman–Crippen MR) is 56.0 cm³/mol. The van der Waals surface area contributed by atoms with Crippen molar-refractivity contribution >= 4 is 0 Å². The van der Waals surface area contributed by atoms with E-state index in [-0.39, 0.29) is 6.04 Å². The quantitative estimate of drug-likeness (QED) is 0.783. The second kappa shape index (κ2) is 4.28. The molecule has 0 aromatic carbocycles. The molecule has 15 heavy (non-hydrogen) atoms. The van der Waals surface area contributed by atoms with Crippen molar-refractivity contribution in [2.24, 2.45) is 12.8 Å². The van der Waals surface area contributed by atoms with E-state index >= 15 is 0 Å². The van der Waals surface area contributed by atoms with E-state index in [4.69, 9.17) is 5.73 Å². The van der Waals surface area contributed by atoms with Crippen LogP contribution in [-0.4, -0.2) is 40.0 Å². The number of hydrogen-bond donors (Lipinski definition) is 1. The molecule has 0 unspecified atom stereocenters. The van der Waals surface area contributed by atoms with Gasteiger partial charge in [-0.2, -0.15) is 5.10 Å². The summed E-state index contributed by atoms with van der Waals surface area (Å²) >= 11 is 0. The molecule has 2 heterocycles. The fourth-order valence-electron chi connectivity index (χ4n) is 2.15. The maximum atomic E-state index is 13.2. The Labute approximate surface area is 88.9 Å². The number of nitrogens with two attached hydrogens (primary N) is 1. The highest BCUT2D eigenvalue weighted by molar-refractivity contribution is 5.05. The van der Waals surface area contributed by atoms with Crippen molar-refractivity contribution in [1.29, 1.82) is 0 Å². The molecular formula is C10H17FN4. The first kappa shape index (κ1) is 10.6. The summed E-state index contributed by atoms with van der Waals surface area (Å²) in [4.78, 5) is 2.10. The topological polar surface area (TPSA) is 47.1 Å². The number of rotatable bonds is 3. The molecule has 0 spiro atoms. The number of nitrogens with zero attached hydrogens (tertiary/aromatic N) is 3. The number of halogens is 1. The lowest BCUT2D eigenvalue weighted by Gasteiger charge is -2.21. The zero-order valence-corrected chi connectivity index (χ0v) is 8.93. The number of alkyl halides is 1. The molecule has 1 aromatic rings. The Kier molecular flexibility index (Phi) is 3.02. The highest BCUT2D eigenvalue weighted by Crippen LogP contribution is 2.21. The van der Waals surface area contributed by atoms with Gasteiger partial charge in [0.15, 0.2) is 0 Å². The Hall–Kier alpha value is -0.940. The summed E-state index contributed by atoms with van der Waals surface area (Å²) in [6.07, 6.45) is 3.62. The Balaban J connectivity index is 1.99. The number of likely N-dealkylation sites (tertiary alicyclic amines) is 1. The van der Waals surface area contributed by atoms with Gasteiger partial charge in [-0.05, 0) is 6.42 Å². The molecule has 1 saturated heterocycles. The largest absolute Gasteiger partial charge is 0.329 e. The summed E-state index contributed by atoms with van der Waals surface area (Å²) in [5, 5.41) is 4.09. The molecule has 2 atom stereocenters. The van der Waals surface area contributed by atoms with Gasteiger partial charge >= 0.3 is 0 Å². The molecule has 1 aromatic heterocycles. The Morgan fingerprint density at radius 2 is 2.47 bits per heavy atom. The van der Waals surface area contributed by atoms with Gasteiger partial charge in [-0.25, -0.2) is 4.39 Å². The van der Waals surface area contributed by atoms with Gasteiger partial charge in [-0.1, -0.05) is 0 Å². The van der Waals surface area contributed by atoms with Crippen LogP contribution in [-0.2, 0) is 13.6 Å². The first-order chi connectivity index (χ1) is 7.19. The lowest BCUT2D eigenvalue weighted by molar-refractivity contribution is 0.238. The van der Waals surface area contributed by atoms with E-state index in [1.807, 2.05) is 19.4 Å². The second-order valence-electron chi connectivity index (χ2n) is 4.17. The fraction of sp³-hybridized carbons (Fsp3) is 0.700. The van der Waals surface area contributed by atoms with Gasteiger partial charge in [-0.15, -0.1) is 0 Å². The first-order valence-corrected chi connectivity index (χ1v) is 5.24. The molecule has 84 valence electrons. The van der Waals surface area contributed by atoms with Crippen molar-refractivity contribution < 1.29 is 4.39 Å². The van der Waals surface area contributed by atoms with Gasteiger partial charge in [0.1, 0.15) is 6.17 Å². The standard InChI is InChI=1S/C10H17FN4/c1-14-5-8(4-13-14)6-15-7-9(11)2-10(15)3-12/h4-5,9-10H,2-3,6-7,12H2,1H3/t9-,10+/m0/s1. The van der Waals surface area contributed by atoms with E-state index in [1.54, 1.807) is 4.68 Å². The molecule has 1 aliphatic heterocycles. The average molecular weight is 212 g/mol. The van der Waals surface area contributed by atoms with Crippen molar-refractivity contribution in [3.05, 3.63) is 18.0 Å². The molecule has 1 fully saturated rings. The van der Waals surface area contributed by atoms with Crippen LogP contribution in [0.3, 0.4) is 0 Å². The van der Waals surface area contributed by atoms with Gasteiger partial charge in [0.2, 0.25) is 0 Å². The van der Waals surface area contributed by atoms with Crippen molar-refractivity contribution in [2.45, 2.75) is 25.2 Å². The van der Waals surface area contributed by atoms with Crippen LogP contribution in [0.4, 0.5) is 4.39 Å². The van der Waals surface area contributed by atoms with E-state index in [9.17, 15) is 4.39 Å². The van der Waals surface area contributed by atoms with E-state index < -0.39 is 6.17 Å². The van der Waals surface area contributed by atoms with Gasteiger partial charge in [0.05, 0.1) is 6.20 Å². The minimum absolute atomic E-state index is 0.181.